The first-order chi connectivity index (χ1) is 12.0. The summed E-state index contributed by atoms with van der Waals surface area (Å²) >= 11 is 1.48. The predicted octanol–water partition coefficient (Wildman–Crippen LogP) is -0.149. The molecule has 9 heteroatoms. The van der Waals surface area contributed by atoms with Crippen LogP contribution in [0.1, 0.15) is 17.3 Å². The molecule has 8 nitrogen and oxygen atoms in total. The van der Waals surface area contributed by atoms with E-state index in [1.165, 1.54) is 11.8 Å². The summed E-state index contributed by atoms with van der Waals surface area (Å²) < 4.78 is 10.3. The van der Waals surface area contributed by atoms with Gasteiger partial charge in [0.15, 0.2) is 0 Å². The molecule has 0 aliphatic carbocycles. The second kappa shape index (κ2) is 9.62. The van der Waals surface area contributed by atoms with Crippen LogP contribution in [-0.2, 0) is 9.53 Å². The van der Waals surface area contributed by atoms with Gasteiger partial charge in [0.2, 0.25) is 5.91 Å². The highest BCUT2D eigenvalue weighted by atomic mass is 32.2. The summed E-state index contributed by atoms with van der Waals surface area (Å²) in [6, 6.07) is 5.85. The third-order valence-corrected chi connectivity index (χ3v) is 4.53. The van der Waals surface area contributed by atoms with Crippen molar-refractivity contribution in [2.24, 2.45) is 5.73 Å². The zero-order valence-electron chi connectivity index (χ0n) is 14.3. The SMILES string of the molecule is CCOc1ccc(C(=O)NC2C(=O)NC(SCCOC)NC2N)cc1. The molecule has 1 aromatic carbocycles. The minimum Gasteiger partial charge on any atom is -0.494 e. The summed E-state index contributed by atoms with van der Waals surface area (Å²) in [5, 5.41) is 8.50. The van der Waals surface area contributed by atoms with E-state index in [9.17, 15) is 9.59 Å². The number of rotatable bonds is 8. The van der Waals surface area contributed by atoms with Crippen molar-refractivity contribution < 1.29 is 19.1 Å². The molecule has 1 saturated heterocycles. The molecular formula is C16H24N4O4S. The van der Waals surface area contributed by atoms with Crippen LogP contribution >= 0.6 is 11.8 Å². The number of carbonyl (C=O) groups excluding carboxylic acids is 2. The molecule has 0 saturated carbocycles. The zero-order valence-corrected chi connectivity index (χ0v) is 15.1. The van der Waals surface area contributed by atoms with Gasteiger partial charge in [0.1, 0.15) is 17.3 Å². The van der Waals surface area contributed by atoms with Gasteiger partial charge in [0.25, 0.3) is 5.91 Å². The summed E-state index contributed by atoms with van der Waals surface area (Å²) in [6.45, 7) is 3.02. The highest BCUT2D eigenvalue weighted by Crippen LogP contribution is 2.14. The Morgan fingerprint density at radius 3 is 2.68 bits per heavy atom. The lowest BCUT2D eigenvalue weighted by Gasteiger charge is -2.35. The maximum atomic E-state index is 12.3. The number of thioether (sulfide) groups is 1. The Hall–Kier alpha value is -1.81. The molecule has 5 N–H and O–H groups in total. The molecule has 1 fully saturated rings. The van der Waals surface area contributed by atoms with E-state index in [0.717, 1.165) is 0 Å². The van der Waals surface area contributed by atoms with Gasteiger partial charge in [-0.3, -0.25) is 14.9 Å². The van der Waals surface area contributed by atoms with E-state index in [1.807, 2.05) is 6.92 Å². The normalized spacial score (nSPS) is 23.0. The predicted molar refractivity (Wildman–Crippen MR) is 96.2 cm³/mol. The molecule has 1 aliphatic rings. The summed E-state index contributed by atoms with van der Waals surface area (Å²) in [4.78, 5) is 24.6. The van der Waals surface area contributed by atoms with Crippen LogP contribution in [0.3, 0.4) is 0 Å². The molecule has 138 valence electrons. The molecule has 0 aromatic heterocycles. The number of methoxy groups -OCH3 is 1. The van der Waals surface area contributed by atoms with Crippen molar-refractivity contribution in [2.45, 2.75) is 24.6 Å². The third-order valence-electron chi connectivity index (χ3n) is 3.54. The lowest BCUT2D eigenvalue weighted by atomic mass is 10.1. The maximum absolute atomic E-state index is 12.3. The lowest BCUT2D eigenvalue weighted by Crippen LogP contribution is -2.70. The molecular weight excluding hydrogens is 344 g/mol. The van der Waals surface area contributed by atoms with Crippen LogP contribution in [0.25, 0.3) is 0 Å². The number of hydrogen-bond acceptors (Lipinski definition) is 7. The fraction of sp³-hybridized carbons (Fsp3) is 0.500. The minimum absolute atomic E-state index is 0.309. The molecule has 0 spiro atoms. The van der Waals surface area contributed by atoms with Crippen LogP contribution in [0.2, 0.25) is 0 Å². The number of amides is 2. The van der Waals surface area contributed by atoms with Gasteiger partial charge in [0, 0.05) is 18.4 Å². The van der Waals surface area contributed by atoms with Crippen molar-refractivity contribution in [3.05, 3.63) is 29.8 Å². The van der Waals surface area contributed by atoms with E-state index in [0.29, 0.717) is 30.3 Å². The van der Waals surface area contributed by atoms with E-state index in [1.54, 1.807) is 31.4 Å². The van der Waals surface area contributed by atoms with E-state index in [4.69, 9.17) is 15.2 Å². The molecule has 1 aliphatic heterocycles. The van der Waals surface area contributed by atoms with E-state index in [-0.39, 0.29) is 17.3 Å². The topological polar surface area (TPSA) is 115 Å². The molecule has 1 aromatic rings. The van der Waals surface area contributed by atoms with E-state index < -0.39 is 12.2 Å². The maximum Gasteiger partial charge on any atom is 0.252 e. The Balaban J connectivity index is 1.91. The molecule has 0 radical (unpaired) electrons. The van der Waals surface area contributed by atoms with Gasteiger partial charge >= 0.3 is 0 Å². The third kappa shape index (κ3) is 5.60. The van der Waals surface area contributed by atoms with Gasteiger partial charge in [-0.25, -0.2) is 0 Å². The van der Waals surface area contributed by atoms with Crippen LogP contribution in [0, 0.1) is 0 Å². The number of ether oxygens (including phenoxy) is 2. The van der Waals surface area contributed by atoms with Crippen molar-refractivity contribution in [3.8, 4) is 5.75 Å². The van der Waals surface area contributed by atoms with Crippen LogP contribution in [0.15, 0.2) is 24.3 Å². The second-order valence-corrected chi connectivity index (χ2v) is 6.57. The van der Waals surface area contributed by atoms with E-state index in [2.05, 4.69) is 16.0 Å². The zero-order chi connectivity index (χ0) is 18.2. The Labute approximate surface area is 151 Å². The Kier molecular flexibility index (Phi) is 7.51. The van der Waals surface area contributed by atoms with Gasteiger partial charge in [-0.2, -0.15) is 0 Å². The first kappa shape index (κ1) is 19.5. The average Bonchev–Trinajstić information content (AvgIpc) is 2.59. The molecule has 0 bridgehead atoms. The van der Waals surface area contributed by atoms with Crippen molar-refractivity contribution in [1.29, 1.82) is 0 Å². The Morgan fingerprint density at radius 1 is 1.36 bits per heavy atom. The van der Waals surface area contributed by atoms with Gasteiger partial charge in [0.05, 0.1) is 19.4 Å². The van der Waals surface area contributed by atoms with Gasteiger partial charge < -0.3 is 25.8 Å². The highest BCUT2D eigenvalue weighted by Gasteiger charge is 2.35. The smallest absolute Gasteiger partial charge is 0.252 e. The van der Waals surface area contributed by atoms with Gasteiger partial charge in [-0.1, -0.05) is 0 Å². The lowest BCUT2D eigenvalue weighted by molar-refractivity contribution is -0.125. The van der Waals surface area contributed by atoms with E-state index >= 15 is 0 Å². The number of carbonyl (C=O) groups is 2. The average molecular weight is 368 g/mol. The van der Waals surface area contributed by atoms with Crippen molar-refractivity contribution in [2.75, 3.05) is 26.1 Å². The number of nitrogens with one attached hydrogen (secondary N) is 3. The fourth-order valence-corrected chi connectivity index (χ4v) is 3.23. The molecule has 2 rings (SSSR count). The quantitative estimate of drug-likeness (QED) is 0.472. The standard InChI is InChI=1S/C16H24N4O4S/c1-3-24-11-6-4-10(5-7-11)14(21)18-12-13(17)19-16(20-15(12)22)25-9-8-23-2/h4-7,12-13,16,19H,3,8-9,17H2,1-2H3,(H,18,21)(H,20,22). The van der Waals surface area contributed by atoms with Crippen molar-refractivity contribution in [3.63, 3.8) is 0 Å². The molecule has 2 amide bonds. The highest BCUT2D eigenvalue weighted by molar-refractivity contribution is 7.99. The number of benzene rings is 1. The van der Waals surface area contributed by atoms with Crippen LogP contribution < -0.4 is 26.4 Å². The second-order valence-electron chi connectivity index (χ2n) is 5.35. The van der Waals surface area contributed by atoms with Gasteiger partial charge in [-0.15, -0.1) is 11.8 Å². The summed E-state index contributed by atoms with van der Waals surface area (Å²) in [5.41, 5.74) is 6.12. The largest absolute Gasteiger partial charge is 0.494 e. The van der Waals surface area contributed by atoms with Crippen LogP contribution in [0.5, 0.6) is 5.75 Å². The molecule has 3 unspecified atom stereocenters. The van der Waals surface area contributed by atoms with Gasteiger partial charge in [-0.05, 0) is 31.2 Å². The molecule has 25 heavy (non-hydrogen) atoms. The van der Waals surface area contributed by atoms with Crippen LogP contribution in [-0.4, -0.2) is 55.6 Å². The summed E-state index contributed by atoms with van der Waals surface area (Å²) in [6.07, 6.45) is -0.680. The Morgan fingerprint density at radius 2 is 2.08 bits per heavy atom. The summed E-state index contributed by atoms with van der Waals surface area (Å²) in [5.74, 6) is 0.708. The molecule has 1 heterocycles. The first-order valence-corrected chi connectivity index (χ1v) is 9.06. The Bertz CT molecular complexity index is 584. The number of nitrogens with two attached hydrogens (primary N) is 1. The minimum atomic E-state index is -0.849. The summed E-state index contributed by atoms with van der Waals surface area (Å²) in [7, 11) is 1.62. The monoisotopic (exact) mass is 368 g/mol. The molecule has 3 atom stereocenters. The van der Waals surface area contributed by atoms with Crippen molar-refractivity contribution in [1.82, 2.24) is 16.0 Å². The first-order valence-electron chi connectivity index (χ1n) is 8.01. The number of hydrogen-bond donors (Lipinski definition) is 4. The fourth-order valence-electron chi connectivity index (χ4n) is 2.28. The van der Waals surface area contributed by atoms with Crippen LogP contribution in [0.4, 0.5) is 0 Å². The van der Waals surface area contributed by atoms with Crippen molar-refractivity contribution >= 4 is 23.6 Å².